The molecular weight excluding hydrogens is 369 g/mol. The highest BCUT2D eigenvalue weighted by atomic mass is 32.1. The van der Waals surface area contributed by atoms with Gasteiger partial charge in [-0.25, -0.2) is 0 Å². The number of rotatable bonds is 4. The van der Waals surface area contributed by atoms with Crippen LogP contribution in [0.2, 0.25) is 0 Å². The van der Waals surface area contributed by atoms with Crippen molar-refractivity contribution in [3.63, 3.8) is 0 Å². The van der Waals surface area contributed by atoms with E-state index in [-0.39, 0.29) is 5.69 Å². The Hall–Kier alpha value is -0.800. The molecule has 0 atom stereocenters. The third-order valence-corrected chi connectivity index (χ3v) is 6.41. The molecule has 22 heavy (non-hydrogen) atoms. The molecule has 0 saturated carbocycles. The second-order valence-electron chi connectivity index (χ2n) is 4.02. The number of thiocarbonyl (C=S) groups is 1. The summed E-state index contributed by atoms with van der Waals surface area (Å²) < 4.78 is 58.7. The van der Waals surface area contributed by atoms with E-state index >= 15 is 0 Å². The minimum atomic E-state index is -5.90. The maximum Gasteiger partial charge on any atom is 0.416 e. The molecule has 0 fully saturated rings. The molecule has 1 N–H and O–H groups in total. The van der Waals surface area contributed by atoms with Gasteiger partial charge < -0.3 is 34.0 Å². The van der Waals surface area contributed by atoms with Crippen LogP contribution in [0.3, 0.4) is 0 Å². The van der Waals surface area contributed by atoms with Gasteiger partial charge in [0.1, 0.15) is 0 Å². The monoisotopic (exact) mass is 375 g/mol. The SMILES string of the molecule is O=P([O-])([O-])C(C(=S)Nc1ccc(C(F)(F)F)cc1)P(=O)([O-])[O-]. The summed E-state index contributed by atoms with van der Waals surface area (Å²) in [7, 11) is -11.8. The smallest absolute Gasteiger partial charge is 0.416 e. The van der Waals surface area contributed by atoms with E-state index in [0.717, 1.165) is 12.1 Å². The minimum absolute atomic E-state index is 0.218. The van der Waals surface area contributed by atoms with Crippen LogP contribution in [0.25, 0.3) is 0 Å². The van der Waals surface area contributed by atoms with Crippen molar-refractivity contribution >= 4 is 38.1 Å². The fraction of sp³-hybridized carbons (Fsp3) is 0.222. The Bertz CT molecular complexity index is 630. The van der Waals surface area contributed by atoms with Gasteiger partial charge in [-0.1, -0.05) is 27.4 Å². The van der Waals surface area contributed by atoms with E-state index in [2.05, 4.69) is 12.2 Å². The predicted octanol–water partition coefficient (Wildman–Crippen LogP) is -0.402. The molecule has 0 saturated heterocycles. The van der Waals surface area contributed by atoms with Gasteiger partial charge in [0.05, 0.1) is 16.0 Å². The van der Waals surface area contributed by atoms with E-state index in [0.29, 0.717) is 12.1 Å². The number of benzene rings is 1. The van der Waals surface area contributed by atoms with Gasteiger partial charge in [-0.2, -0.15) is 13.2 Å². The Morgan fingerprint density at radius 2 is 1.45 bits per heavy atom. The van der Waals surface area contributed by atoms with Crippen molar-refractivity contribution in [2.75, 3.05) is 5.32 Å². The molecule has 1 aromatic rings. The predicted molar refractivity (Wildman–Crippen MR) is 66.7 cm³/mol. The zero-order valence-corrected chi connectivity index (χ0v) is 12.9. The Balaban J connectivity index is 3.01. The highest BCUT2D eigenvalue weighted by Gasteiger charge is 2.30. The van der Waals surface area contributed by atoms with Crippen molar-refractivity contribution in [2.45, 2.75) is 11.6 Å². The highest BCUT2D eigenvalue weighted by Crippen LogP contribution is 2.50. The molecule has 0 bridgehead atoms. The van der Waals surface area contributed by atoms with Crippen molar-refractivity contribution in [3.05, 3.63) is 29.8 Å². The van der Waals surface area contributed by atoms with Crippen molar-refractivity contribution in [2.24, 2.45) is 0 Å². The van der Waals surface area contributed by atoms with Crippen LogP contribution in [0.15, 0.2) is 24.3 Å². The van der Waals surface area contributed by atoms with Gasteiger partial charge in [0.25, 0.3) is 0 Å². The molecule has 0 unspecified atom stereocenters. The normalized spacial score (nSPS) is 13.3. The van der Waals surface area contributed by atoms with E-state index < -0.39 is 37.3 Å². The lowest BCUT2D eigenvalue weighted by Gasteiger charge is -2.49. The first kappa shape index (κ1) is 19.2. The molecule has 0 aromatic heterocycles. The number of hydrogen-bond donors (Lipinski definition) is 1. The van der Waals surface area contributed by atoms with Gasteiger partial charge in [-0.05, 0) is 24.3 Å². The van der Waals surface area contributed by atoms with E-state index in [9.17, 15) is 41.9 Å². The average Bonchev–Trinajstić information content (AvgIpc) is 2.23. The molecule has 0 aliphatic carbocycles. The summed E-state index contributed by atoms with van der Waals surface area (Å²) in [6.07, 6.45) is -4.61. The molecule has 1 rings (SSSR count). The number of anilines is 1. The lowest BCUT2D eigenvalue weighted by Crippen LogP contribution is -2.41. The first-order valence-electron chi connectivity index (χ1n) is 5.24. The first-order chi connectivity index (χ1) is 9.73. The molecular formula is C9H6F3NO6P2S-4. The summed E-state index contributed by atoms with van der Waals surface area (Å²) in [4.78, 5) is 42.2. The first-order valence-corrected chi connectivity index (χ1v) is 8.87. The second kappa shape index (κ2) is 6.37. The van der Waals surface area contributed by atoms with E-state index in [1.54, 1.807) is 0 Å². The van der Waals surface area contributed by atoms with Crippen LogP contribution < -0.4 is 24.9 Å². The lowest BCUT2D eigenvalue weighted by atomic mass is 10.2. The summed E-state index contributed by atoms with van der Waals surface area (Å²) in [5.74, 6) is 0. The van der Waals surface area contributed by atoms with Gasteiger partial charge in [-0.3, -0.25) is 0 Å². The van der Waals surface area contributed by atoms with Gasteiger partial charge in [0.2, 0.25) is 0 Å². The van der Waals surface area contributed by atoms with Crippen molar-refractivity contribution in [1.82, 2.24) is 0 Å². The summed E-state index contributed by atoms with van der Waals surface area (Å²) in [6.45, 7) is 0. The average molecular weight is 375 g/mol. The molecule has 0 radical (unpaired) electrons. The van der Waals surface area contributed by atoms with Crippen molar-refractivity contribution in [1.29, 1.82) is 0 Å². The lowest BCUT2D eigenvalue weighted by molar-refractivity contribution is -0.327. The highest BCUT2D eigenvalue weighted by molar-refractivity contribution is 7.84. The molecule has 1 aromatic carbocycles. The van der Waals surface area contributed by atoms with Crippen molar-refractivity contribution in [3.8, 4) is 0 Å². The summed E-state index contributed by atoms with van der Waals surface area (Å²) in [5.41, 5.74) is -1.23. The van der Waals surface area contributed by atoms with Crippen molar-refractivity contribution < 1.29 is 41.9 Å². The van der Waals surface area contributed by atoms with Crippen LogP contribution in [-0.2, 0) is 15.3 Å². The largest absolute Gasteiger partial charge is 0.810 e. The molecule has 0 aliphatic rings. The van der Waals surface area contributed by atoms with E-state index in [4.69, 9.17) is 0 Å². The fourth-order valence-electron chi connectivity index (χ4n) is 1.41. The standard InChI is InChI=1S/C9H10F3NO6P2S/c10-9(11,12)5-1-3-6(4-2-5)13-7(22)8(20(14,15)16)21(17,18)19/h1-4,8H,(H,13,22)(H2,14,15,16)(H2,17,18,19)/p-4. The van der Waals surface area contributed by atoms with Crippen LogP contribution in [0, 0.1) is 0 Å². The quantitative estimate of drug-likeness (QED) is 0.554. The maximum absolute atomic E-state index is 12.3. The Morgan fingerprint density at radius 1 is 1.05 bits per heavy atom. The number of alkyl halides is 3. The summed E-state index contributed by atoms with van der Waals surface area (Å²) in [5, 5.41) is -1.06. The van der Waals surface area contributed by atoms with Crippen LogP contribution in [0.4, 0.5) is 18.9 Å². The number of nitrogens with one attached hydrogen (secondary N) is 1. The van der Waals surface area contributed by atoms with E-state index in [1.165, 1.54) is 0 Å². The van der Waals surface area contributed by atoms with Crippen LogP contribution in [0.1, 0.15) is 5.56 Å². The molecule has 0 amide bonds. The van der Waals surface area contributed by atoms with Gasteiger partial charge in [-0.15, -0.1) is 0 Å². The van der Waals surface area contributed by atoms with Gasteiger partial charge in [0, 0.05) is 5.69 Å². The summed E-state index contributed by atoms with van der Waals surface area (Å²) >= 11 is 4.38. The van der Waals surface area contributed by atoms with Gasteiger partial charge in [0.15, 0.2) is 0 Å². The van der Waals surface area contributed by atoms with Gasteiger partial charge >= 0.3 is 6.18 Å². The van der Waals surface area contributed by atoms with Crippen LogP contribution >= 0.6 is 27.4 Å². The zero-order chi connectivity index (χ0) is 17.3. The number of hydrogen-bond acceptors (Lipinski definition) is 7. The third kappa shape index (κ3) is 5.13. The topological polar surface area (TPSA) is 138 Å². The Morgan fingerprint density at radius 3 is 1.77 bits per heavy atom. The Labute approximate surface area is 127 Å². The number of halogens is 3. The van der Waals surface area contributed by atoms with Crippen LogP contribution in [0.5, 0.6) is 0 Å². The zero-order valence-electron chi connectivity index (χ0n) is 10.3. The summed E-state index contributed by atoms with van der Waals surface area (Å²) in [6, 6.07) is 2.88. The molecule has 13 heteroatoms. The minimum Gasteiger partial charge on any atom is -0.810 e. The second-order valence-corrected chi connectivity index (χ2v) is 8.06. The van der Waals surface area contributed by atoms with Crippen LogP contribution in [-0.4, -0.2) is 10.4 Å². The molecule has 0 aliphatic heterocycles. The molecule has 124 valence electrons. The molecule has 0 spiro atoms. The van der Waals surface area contributed by atoms with E-state index in [1.807, 2.05) is 5.32 Å². The molecule has 7 nitrogen and oxygen atoms in total. The maximum atomic E-state index is 12.3. The Kier molecular flexibility index (Phi) is 5.57. The fourth-order valence-corrected chi connectivity index (χ4v) is 4.39. The third-order valence-electron chi connectivity index (χ3n) is 2.31. The molecule has 0 heterocycles.